The summed E-state index contributed by atoms with van der Waals surface area (Å²) in [4.78, 5) is 34.5. The van der Waals surface area contributed by atoms with Gasteiger partial charge in [0.1, 0.15) is 5.82 Å². The first-order chi connectivity index (χ1) is 13.0. The molecule has 2 N–H and O–H groups in total. The summed E-state index contributed by atoms with van der Waals surface area (Å²) in [6.45, 7) is 6.04. The average Bonchev–Trinajstić information content (AvgIpc) is 3.15. The largest absolute Gasteiger partial charge is 0.355 e. The summed E-state index contributed by atoms with van der Waals surface area (Å²) in [5.41, 5.74) is 0.857. The Morgan fingerprint density at radius 2 is 1.96 bits per heavy atom. The topological polar surface area (TPSA) is 104 Å². The molecule has 1 fully saturated rings. The predicted molar refractivity (Wildman–Crippen MR) is 100 cm³/mol. The van der Waals surface area contributed by atoms with E-state index in [0.717, 1.165) is 31.5 Å². The number of hydrogen-bond acceptors (Lipinski definition) is 5. The van der Waals surface area contributed by atoms with Gasteiger partial charge < -0.3 is 10.2 Å². The molecule has 3 rings (SSSR count). The van der Waals surface area contributed by atoms with E-state index in [1.807, 2.05) is 30.9 Å². The van der Waals surface area contributed by atoms with E-state index in [-0.39, 0.29) is 24.2 Å². The Kier molecular flexibility index (Phi) is 6.16. The Bertz CT molecular complexity index is 766. The molecule has 1 saturated heterocycles. The van der Waals surface area contributed by atoms with Gasteiger partial charge in [-0.15, -0.1) is 0 Å². The van der Waals surface area contributed by atoms with Crippen molar-refractivity contribution in [3.05, 3.63) is 30.4 Å². The van der Waals surface area contributed by atoms with E-state index in [2.05, 4.69) is 25.5 Å². The third-order valence-electron chi connectivity index (χ3n) is 4.81. The normalized spacial score (nSPS) is 15.1. The van der Waals surface area contributed by atoms with Crippen molar-refractivity contribution in [1.82, 2.24) is 30.4 Å². The average molecular weight is 370 g/mol. The number of rotatable bonds is 6. The second-order valence-corrected chi connectivity index (χ2v) is 7.25. The number of nitrogens with one attached hydrogen (secondary N) is 2. The molecule has 2 aromatic heterocycles. The maximum Gasteiger partial charge on any atom is 0.227 e. The quantitative estimate of drug-likeness (QED) is 0.800. The van der Waals surface area contributed by atoms with Crippen molar-refractivity contribution in [2.24, 2.45) is 11.8 Å². The van der Waals surface area contributed by atoms with Gasteiger partial charge in [0.05, 0.1) is 6.42 Å². The molecule has 8 heteroatoms. The van der Waals surface area contributed by atoms with Gasteiger partial charge in [-0.3, -0.25) is 19.7 Å². The molecule has 3 heterocycles. The second-order valence-electron chi connectivity index (χ2n) is 7.25. The summed E-state index contributed by atoms with van der Waals surface area (Å²) in [6.07, 6.45) is 5.37. The minimum atomic E-state index is -0.0758. The van der Waals surface area contributed by atoms with E-state index < -0.39 is 0 Å². The van der Waals surface area contributed by atoms with E-state index in [9.17, 15) is 9.59 Å². The molecule has 2 amide bonds. The molecular weight excluding hydrogens is 344 g/mol. The first kappa shape index (κ1) is 19.0. The van der Waals surface area contributed by atoms with Gasteiger partial charge >= 0.3 is 0 Å². The lowest BCUT2D eigenvalue weighted by Crippen LogP contribution is -2.43. The number of aromatic amines is 1. The zero-order valence-corrected chi connectivity index (χ0v) is 15.8. The summed E-state index contributed by atoms with van der Waals surface area (Å²) in [6, 6.07) is 3.65. The van der Waals surface area contributed by atoms with Crippen LogP contribution in [0.5, 0.6) is 0 Å². The zero-order chi connectivity index (χ0) is 19.2. The molecular formula is C19H26N6O2. The number of nitrogens with zero attached hydrogens (tertiary/aromatic N) is 4. The van der Waals surface area contributed by atoms with Crippen molar-refractivity contribution in [3.8, 4) is 11.4 Å². The zero-order valence-electron chi connectivity index (χ0n) is 15.8. The molecule has 0 unspecified atom stereocenters. The highest BCUT2D eigenvalue weighted by atomic mass is 16.2. The van der Waals surface area contributed by atoms with Crippen LogP contribution in [0, 0.1) is 11.8 Å². The Hall–Kier alpha value is -2.77. The molecule has 0 aromatic carbocycles. The third-order valence-corrected chi connectivity index (χ3v) is 4.81. The summed E-state index contributed by atoms with van der Waals surface area (Å²) in [5, 5.41) is 9.94. The van der Waals surface area contributed by atoms with Crippen LogP contribution in [0.2, 0.25) is 0 Å². The van der Waals surface area contributed by atoms with Crippen LogP contribution in [0.1, 0.15) is 32.5 Å². The first-order valence-electron chi connectivity index (χ1n) is 9.40. The van der Waals surface area contributed by atoms with Crippen LogP contribution in [0.15, 0.2) is 24.5 Å². The van der Waals surface area contributed by atoms with Gasteiger partial charge in [0, 0.05) is 43.5 Å². The maximum absolute atomic E-state index is 12.2. The monoisotopic (exact) mass is 370 g/mol. The van der Waals surface area contributed by atoms with E-state index >= 15 is 0 Å². The van der Waals surface area contributed by atoms with Crippen LogP contribution in [-0.2, 0) is 16.0 Å². The van der Waals surface area contributed by atoms with Gasteiger partial charge in [0.15, 0.2) is 5.82 Å². The van der Waals surface area contributed by atoms with E-state index in [1.165, 1.54) is 0 Å². The van der Waals surface area contributed by atoms with Crippen LogP contribution in [0.3, 0.4) is 0 Å². The highest BCUT2D eigenvalue weighted by Crippen LogP contribution is 2.18. The number of carbonyl (C=O) groups excluding carboxylic acids is 2. The van der Waals surface area contributed by atoms with Gasteiger partial charge in [-0.05, 0) is 30.9 Å². The minimum Gasteiger partial charge on any atom is -0.355 e. The number of hydrogen-bond donors (Lipinski definition) is 2. The fraction of sp³-hybridized carbons (Fsp3) is 0.526. The van der Waals surface area contributed by atoms with Gasteiger partial charge in [-0.25, -0.2) is 4.98 Å². The van der Waals surface area contributed by atoms with Gasteiger partial charge in [-0.1, -0.05) is 13.8 Å². The predicted octanol–water partition coefficient (Wildman–Crippen LogP) is 1.42. The number of pyridine rings is 1. The summed E-state index contributed by atoms with van der Waals surface area (Å²) >= 11 is 0. The van der Waals surface area contributed by atoms with Gasteiger partial charge in [0.2, 0.25) is 11.8 Å². The third kappa shape index (κ3) is 5.12. The summed E-state index contributed by atoms with van der Waals surface area (Å²) < 4.78 is 0. The van der Waals surface area contributed by atoms with E-state index in [4.69, 9.17) is 0 Å². The lowest BCUT2D eigenvalue weighted by molar-refractivity contribution is -0.136. The Labute approximate surface area is 158 Å². The van der Waals surface area contributed by atoms with Crippen LogP contribution >= 0.6 is 0 Å². The molecule has 0 bridgehead atoms. The van der Waals surface area contributed by atoms with Crippen molar-refractivity contribution >= 4 is 11.8 Å². The molecule has 2 aromatic rings. The van der Waals surface area contributed by atoms with Crippen molar-refractivity contribution < 1.29 is 9.59 Å². The van der Waals surface area contributed by atoms with Crippen molar-refractivity contribution in [2.75, 3.05) is 19.6 Å². The molecule has 1 aliphatic heterocycles. The lowest BCUT2D eigenvalue weighted by atomic mass is 9.96. The van der Waals surface area contributed by atoms with Crippen molar-refractivity contribution in [2.45, 2.75) is 33.1 Å². The number of H-pyrrole nitrogens is 1. The number of aromatic nitrogens is 4. The van der Waals surface area contributed by atoms with Crippen LogP contribution in [-0.4, -0.2) is 56.5 Å². The van der Waals surface area contributed by atoms with Gasteiger partial charge in [-0.2, -0.15) is 5.10 Å². The molecule has 27 heavy (non-hydrogen) atoms. The number of piperidine rings is 1. The Morgan fingerprint density at radius 3 is 2.63 bits per heavy atom. The van der Waals surface area contributed by atoms with Crippen LogP contribution in [0.4, 0.5) is 0 Å². The second kappa shape index (κ2) is 8.75. The molecule has 8 nitrogen and oxygen atoms in total. The molecule has 144 valence electrons. The fourth-order valence-electron chi connectivity index (χ4n) is 3.20. The fourth-order valence-corrected chi connectivity index (χ4v) is 3.20. The lowest BCUT2D eigenvalue weighted by Gasteiger charge is -2.33. The van der Waals surface area contributed by atoms with E-state index in [0.29, 0.717) is 24.1 Å². The Balaban J connectivity index is 1.42. The highest BCUT2D eigenvalue weighted by molar-refractivity contribution is 5.78. The highest BCUT2D eigenvalue weighted by Gasteiger charge is 2.24. The molecule has 0 aliphatic carbocycles. The molecule has 0 radical (unpaired) electrons. The molecule has 0 spiro atoms. The standard InChI is InChI=1S/C19H26N6O2/c1-13(2)19(27)25-9-5-14(6-10-25)12-21-17(26)11-16-22-18(24-23-16)15-3-7-20-8-4-15/h3-4,7-8,13-14H,5-6,9-12H2,1-2H3,(H,21,26)(H,22,23,24). The van der Waals surface area contributed by atoms with E-state index in [1.54, 1.807) is 12.4 Å². The number of likely N-dealkylation sites (tertiary alicyclic amines) is 1. The molecule has 0 atom stereocenters. The smallest absolute Gasteiger partial charge is 0.227 e. The Morgan fingerprint density at radius 1 is 1.26 bits per heavy atom. The summed E-state index contributed by atoms with van der Waals surface area (Å²) in [7, 11) is 0. The first-order valence-corrected chi connectivity index (χ1v) is 9.40. The molecule has 0 saturated carbocycles. The van der Waals surface area contributed by atoms with Gasteiger partial charge in [0.25, 0.3) is 0 Å². The maximum atomic E-state index is 12.2. The minimum absolute atomic E-state index is 0.0419. The van der Waals surface area contributed by atoms with Crippen LogP contribution < -0.4 is 5.32 Å². The van der Waals surface area contributed by atoms with Crippen LogP contribution in [0.25, 0.3) is 11.4 Å². The number of carbonyl (C=O) groups is 2. The molecule has 1 aliphatic rings. The number of amides is 2. The summed E-state index contributed by atoms with van der Waals surface area (Å²) in [5.74, 6) is 1.69. The van der Waals surface area contributed by atoms with Crippen molar-refractivity contribution in [1.29, 1.82) is 0 Å². The van der Waals surface area contributed by atoms with Crippen molar-refractivity contribution in [3.63, 3.8) is 0 Å². The SMILES string of the molecule is CC(C)C(=O)N1CCC(CNC(=O)Cc2nc(-c3ccncc3)n[nH]2)CC1.